The molecule has 0 radical (unpaired) electrons. The van der Waals surface area contributed by atoms with Gasteiger partial charge in [-0.15, -0.1) is 0 Å². The summed E-state index contributed by atoms with van der Waals surface area (Å²) in [5.74, 6) is 4.52. The Hall–Kier alpha value is -0.960. The molecule has 3 atom stereocenters. The van der Waals surface area contributed by atoms with Crippen LogP contribution in [-0.4, -0.2) is 16.5 Å². The fourth-order valence-electron chi connectivity index (χ4n) is 5.14. The number of hydrogen-bond donors (Lipinski definition) is 1. The Morgan fingerprint density at radius 2 is 1.95 bits per heavy atom. The van der Waals surface area contributed by atoms with Crippen LogP contribution in [0.15, 0.2) is 0 Å². The van der Waals surface area contributed by atoms with Gasteiger partial charge < -0.3 is 5.32 Å². The molecule has 112 valence electrons. The zero-order valence-electron chi connectivity index (χ0n) is 12.8. The number of nitrogens with zero attached hydrogens (tertiary/aromatic N) is 2. The highest BCUT2D eigenvalue weighted by molar-refractivity contribution is 5.33. The van der Waals surface area contributed by atoms with E-state index < -0.39 is 0 Å². The van der Waals surface area contributed by atoms with Gasteiger partial charge in [-0.1, -0.05) is 12.8 Å². The van der Waals surface area contributed by atoms with Gasteiger partial charge >= 0.3 is 0 Å². The van der Waals surface area contributed by atoms with Crippen LogP contribution in [-0.2, 0) is 13.0 Å². The van der Waals surface area contributed by atoms with Gasteiger partial charge in [0.1, 0.15) is 5.82 Å². The minimum absolute atomic E-state index is 0.683. The first-order chi connectivity index (χ1) is 10.4. The van der Waals surface area contributed by atoms with E-state index in [0.29, 0.717) is 5.92 Å². The van der Waals surface area contributed by atoms with E-state index in [1.807, 2.05) is 0 Å². The van der Waals surface area contributed by atoms with Crippen molar-refractivity contribution < 1.29 is 0 Å². The highest BCUT2D eigenvalue weighted by Crippen LogP contribution is 2.52. The van der Waals surface area contributed by atoms with E-state index >= 15 is 0 Å². The predicted molar refractivity (Wildman–Crippen MR) is 82.2 cm³/mol. The van der Waals surface area contributed by atoms with Crippen molar-refractivity contribution in [1.82, 2.24) is 15.3 Å². The fourth-order valence-corrected chi connectivity index (χ4v) is 5.14. The Kier molecular flexibility index (Phi) is 2.86. The van der Waals surface area contributed by atoms with Crippen LogP contribution < -0.4 is 5.32 Å². The van der Waals surface area contributed by atoms with Gasteiger partial charge in [-0.25, -0.2) is 9.97 Å². The summed E-state index contributed by atoms with van der Waals surface area (Å²) in [6, 6.07) is 0. The van der Waals surface area contributed by atoms with Crippen LogP contribution in [0.4, 0.5) is 0 Å². The molecule has 2 bridgehead atoms. The highest BCUT2D eigenvalue weighted by atomic mass is 15.0. The summed E-state index contributed by atoms with van der Waals surface area (Å²) in [6.45, 7) is 2.09. The van der Waals surface area contributed by atoms with Crippen molar-refractivity contribution in [2.75, 3.05) is 6.54 Å². The van der Waals surface area contributed by atoms with Crippen LogP contribution >= 0.6 is 0 Å². The Balaban J connectivity index is 1.56. The van der Waals surface area contributed by atoms with Crippen molar-refractivity contribution in [3.63, 3.8) is 0 Å². The second-order valence-electron chi connectivity index (χ2n) is 7.73. The van der Waals surface area contributed by atoms with E-state index in [2.05, 4.69) is 5.32 Å². The van der Waals surface area contributed by atoms with Crippen molar-refractivity contribution in [3.8, 4) is 0 Å². The highest BCUT2D eigenvalue weighted by Gasteiger charge is 2.42. The summed E-state index contributed by atoms with van der Waals surface area (Å²) in [5.41, 5.74) is 4.26. The van der Waals surface area contributed by atoms with Crippen molar-refractivity contribution in [2.24, 2.45) is 11.8 Å². The van der Waals surface area contributed by atoms with E-state index in [9.17, 15) is 0 Å². The fraction of sp³-hybridized carbons (Fsp3) is 0.778. The SMILES string of the molecule is C1CC(c2nc(C3CC4CCC3C4)nc3c2CNCC3)C1. The van der Waals surface area contributed by atoms with Gasteiger partial charge in [0.05, 0.1) is 11.4 Å². The molecule has 0 saturated heterocycles. The maximum absolute atomic E-state index is 5.16. The van der Waals surface area contributed by atoms with Crippen LogP contribution in [0.25, 0.3) is 0 Å². The standard InChI is InChI=1S/C18H25N3/c1-2-12(3-1)17-15-10-19-7-6-16(15)20-18(21-17)14-9-11-4-5-13(14)8-11/h11-14,19H,1-10H2. The predicted octanol–water partition coefficient (Wildman–Crippen LogP) is 3.29. The second kappa shape index (κ2) is 4.77. The maximum Gasteiger partial charge on any atom is 0.132 e. The lowest BCUT2D eigenvalue weighted by Crippen LogP contribution is -2.29. The lowest BCUT2D eigenvalue weighted by atomic mass is 9.79. The maximum atomic E-state index is 5.16. The zero-order chi connectivity index (χ0) is 13.8. The molecule has 1 aliphatic heterocycles. The van der Waals surface area contributed by atoms with Crippen LogP contribution in [0.1, 0.15) is 79.6 Å². The monoisotopic (exact) mass is 283 g/mol. The van der Waals surface area contributed by atoms with Gasteiger partial charge in [-0.3, -0.25) is 0 Å². The van der Waals surface area contributed by atoms with Crippen LogP contribution in [0.2, 0.25) is 0 Å². The van der Waals surface area contributed by atoms with Crippen molar-refractivity contribution in [3.05, 3.63) is 22.8 Å². The Bertz CT molecular complexity index is 564. The molecule has 1 N–H and O–H groups in total. The molecule has 3 saturated carbocycles. The molecule has 2 heterocycles. The van der Waals surface area contributed by atoms with Gasteiger partial charge in [0.15, 0.2) is 0 Å². The molecule has 21 heavy (non-hydrogen) atoms. The van der Waals surface area contributed by atoms with Crippen molar-refractivity contribution in [1.29, 1.82) is 0 Å². The molecule has 0 spiro atoms. The summed E-state index contributed by atoms with van der Waals surface area (Å²) < 4.78 is 0. The Labute approximate surface area is 127 Å². The number of nitrogens with one attached hydrogen (secondary N) is 1. The van der Waals surface area contributed by atoms with Crippen LogP contribution in [0, 0.1) is 11.8 Å². The summed E-state index contributed by atoms with van der Waals surface area (Å²) in [7, 11) is 0. The average Bonchev–Trinajstić information content (AvgIpc) is 3.08. The third kappa shape index (κ3) is 1.97. The van der Waals surface area contributed by atoms with E-state index in [0.717, 1.165) is 37.3 Å². The summed E-state index contributed by atoms with van der Waals surface area (Å²) in [4.78, 5) is 10.2. The van der Waals surface area contributed by atoms with Crippen molar-refractivity contribution >= 4 is 0 Å². The zero-order valence-corrected chi connectivity index (χ0v) is 12.8. The summed E-state index contributed by atoms with van der Waals surface area (Å²) in [5, 5.41) is 3.52. The molecule has 3 aliphatic carbocycles. The largest absolute Gasteiger partial charge is 0.312 e. The number of fused-ring (bicyclic) bond motifs is 3. The molecule has 3 nitrogen and oxygen atoms in total. The number of aromatic nitrogens is 2. The van der Waals surface area contributed by atoms with E-state index in [1.165, 1.54) is 67.7 Å². The molecule has 3 heteroatoms. The molecule has 5 rings (SSSR count). The Morgan fingerprint density at radius 3 is 2.67 bits per heavy atom. The number of rotatable bonds is 2. The van der Waals surface area contributed by atoms with Gasteiger partial charge in [0.25, 0.3) is 0 Å². The quantitative estimate of drug-likeness (QED) is 0.905. The van der Waals surface area contributed by atoms with Gasteiger partial charge in [0.2, 0.25) is 0 Å². The van der Waals surface area contributed by atoms with Crippen LogP contribution in [0.5, 0.6) is 0 Å². The molecular formula is C18H25N3. The summed E-state index contributed by atoms with van der Waals surface area (Å²) in [6.07, 6.45) is 10.9. The Morgan fingerprint density at radius 1 is 1.00 bits per heavy atom. The molecular weight excluding hydrogens is 258 g/mol. The minimum atomic E-state index is 0.683. The number of hydrogen-bond acceptors (Lipinski definition) is 3. The van der Waals surface area contributed by atoms with E-state index in [1.54, 1.807) is 0 Å². The molecule has 1 aromatic rings. The van der Waals surface area contributed by atoms with E-state index in [4.69, 9.17) is 9.97 Å². The van der Waals surface area contributed by atoms with Gasteiger partial charge in [-0.05, 0) is 43.9 Å². The minimum Gasteiger partial charge on any atom is -0.312 e. The van der Waals surface area contributed by atoms with Gasteiger partial charge in [-0.2, -0.15) is 0 Å². The second-order valence-corrected chi connectivity index (χ2v) is 7.73. The lowest BCUT2D eigenvalue weighted by Gasteiger charge is -2.31. The molecule has 3 fully saturated rings. The molecule has 0 aromatic carbocycles. The topological polar surface area (TPSA) is 37.8 Å². The molecule has 3 unspecified atom stereocenters. The van der Waals surface area contributed by atoms with Crippen LogP contribution in [0.3, 0.4) is 0 Å². The first kappa shape index (κ1) is 12.6. The molecule has 4 aliphatic rings. The molecule has 1 aromatic heterocycles. The first-order valence-corrected chi connectivity index (χ1v) is 8.99. The third-order valence-electron chi connectivity index (χ3n) is 6.54. The average molecular weight is 283 g/mol. The first-order valence-electron chi connectivity index (χ1n) is 8.99. The third-order valence-corrected chi connectivity index (χ3v) is 6.54. The van der Waals surface area contributed by atoms with E-state index in [-0.39, 0.29) is 0 Å². The molecule has 0 amide bonds. The lowest BCUT2D eigenvalue weighted by molar-refractivity contribution is 0.383. The normalized spacial score (nSPS) is 34.8. The smallest absolute Gasteiger partial charge is 0.132 e. The van der Waals surface area contributed by atoms with Gasteiger partial charge in [0, 0.05) is 36.9 Å². The summed E-state index contributed by atoms with van der Waals surface area (Å²) >= 11 is 0. The van der Waals surface area contributed by atoms with Crippen molar-refractivity contribution in [2.45, 2.75) is 69.7 Å².